The predicted octanol–water partition coefficient (Wildman–Crippen LogP) is 4.30. The molecule has 2 amide bonds. The first-order valence-electron chi connectivity index (χ1n) is 12.1. The van der Waals surface area contributed by atoms with Crippen molar-refractivity contribution in [2.75, 3.05) is 25.3 Å². The van der Waals surface area contributed by atoms with Crippen molar-refractivity contribution in [1.82, 2.24) is 20.1 Å². The van der Waals surface area contributed by atoms with E-state index in [0.717, 1.165) is 11.8 Å². The summed E-state index contributed by atoms with van der Waals surface area (Å²) >= 11 is 1.08. The molecular formula is C27H25FN6O6S. The summed E-state index contributed by atoms with van der Waals surface area (Å²) in [7, 11) is 3.00. The number of methoxy groups -OCH3 is 2. The molecular weight excluding hydrogens is 555 g/mol. The monoisotopic (exact) mass is 580 g/mol. The van der Waals surface area contributed by atoms with Gasteiger partial charge < -0.3 is 20.1 Å². The molecule has 41 heavy (non-hydrogen) atoms. The van der Waals surface area contributed by atoms with Crippen molar-refractivity contribution in [2.45, 2.75) is 18.6 Å². The molecule has 4 aromatic rings. The van der Waals surface area contributed by atoms with Crippen molar-refractivity contribution in [3.63, 3.8) is 0 Å². The van der Waals surface area contributed by atoms with Crippen LogP contribution in [0.5, 0.6) is 11.5 Å². The lowest BCUT2D eigenvalue weighted by atomic mass is 10.1. The Morgan fingerprint density at radius 1 is 1.05 bits per heavy atom. The lowest BCUT2D eigenvalue weighted by Crippen LogP contribution is -2.25. The summed E-state index contributed by atoms with van der Waals surface area (Å²) in [6.07, 6.45) is 0. The molecule has 0 unspecified atom stereocenters. The van der Waals surface area contributed by atoms with Crippen LogP contribution in [0.3, 0.4) is 0 Å². The standard InChI is InChI=1S/C27H25FN6O6S/c1-16-4-5-17(12-21(16)34(37)38)26(36)29-14-24-31-32-27(33(24)22-13-20(39-2)10-11-23(22)40-3)41-15-25(35)30-19-8-6-18(28)7-9-19/h4-13H,14-15H2,1-3H3,(H,29,36)(H,30,35). The molecule has 3 aromatic carbocycles. The maximum atomic E-state index is 13.2. The number of nitrogens with zero attached hydrogens (tertiary/aromatic N) is 4. The van der Waals surface area contributed by atoms with Gasteiger partial charge in [-0.15, -0.1) is 10.2 Å². The van der Waals surface area contributed by atoms with E-state index in [1.165, 1.54) is 56.7 Å². The number of aromatic nitrogens is 3. The fraction of sp³-hybridized carbons (Fsp3) is 0.185. The highest BCUT2D eigenvalue weighted by Crippen LogP contribution is 2.32. The summed E-state index contributed by atoms with van der Waals surface area (Å²) in [4.78, 5) is 36.2. The van der Waals surface area contributed by atoms with Gasteiger partial charge in [-0.3, -0.25) is 24.3 Å². The first-order chi connectivity index (χ1) is 19.7. The number of nitrogens with one attached hydrogen (secondary N) is 2. The van der Waals surface area contributed by atoms with Gasteiger partial charge in [0.1, 0.15) is 17.3 Å². The predicted molar refractivity (Wildman–Crippen MR) is 149 cm³/mol. The molecule has 0 spiro atoms. The number of ether oxygens (including phenoxy) is 2. The molecule has 0 atom stereocenters. The van der Waals surface area contributed by atoms with Gasteiger partial charge >= 0.3 is 0 Å². The molecule has 12 nitrogen and oxygen atoms in total. The number of aryl methyl sites for hydroxylation is 1. The third-order valence-corrected chi connectivity index (χ3v) is 6.79. The van der Waals surface area contributed by atoms with Crippen LogP contribution < -0.4 is 20.1 Å². The van der Waals surface area contributed by atoms with Gasteiger partial charge in [0.2, 0.25) is 5.91 Å². The number of amides is 2. The van der Waals surface area contributed by atoms with E-state index < -0.39 is 16.6 Å². The zero-order chi connectivity index (χ0) is 29.5. The van der Waals surface area contributed by atoms with Crippen molar-refractivity contribution < 1.29 is 28.4 Å². The minimum Gasteiger partial charge on any atom is -0.497 e. The molecule has 0 aliphatic carbocycles. The Balaban J connectivity index is 1.60. The lowest BCUT2D eigenvalue weighted by Gasteiger charge is -2.15. The van der Waals surface area contributed by atoms with Gasteiger partial charge in [-0.05, 0) is 49.4 Å². The van der Waals surface area contributed by atoms with Crippen LogP contribution >= 0.6 is 11.8 Å². The van der Waals surface area contributed by atoms with Crippen LogP contribution in [0.25, 0.3) is 5.69 Å². The zero-order valence-electron chi connectivity index (χ0n) is 22.2. The van der Waals surface area contributed by atoms with Crippen molar-refractivity contribution >= 4 is 35.0 Å². The van der Waals surface area contributed by atoms with E-state index in [-0.39, 0.29) is 29.5 Å². The first kappa shape index (κ1) is 29.0. The van der Waals surface area contributed by atoms with Gasteiger partial charge in [-0.1, -0.05) is 17.8 Å². The highest BCUT2D eigenvalue weighted by Gasteiger charge is 2.21. The van der Waals surface area contributed by atoms with E-state index in [2.05, 4.69) is 20.8 Å². The van der Waals surface area contributed by atoms with Crippen molar-refractivity contribution in [1.29, 1.82) is 0 Å². The Labute approximate surface area is 238 Å². The number of carbonyl (C=O) groups excluding carboxylic acids is 2. The summed E-state index contributed by atoms with van der Waals surface area (Å²) in [6, 6.07) is 14.7. The number of anilines is 1. The third-order valence-electron chi connectivity index (χ3n) is 5.86. The van der Waals surface area contributed by atoms with Crippen LogP contribution in [0.15, 0.2) is 65.8 Å². The summed E-state index contributed by atoms with van der Waals surface area (Å²) in [5, 5.41) is 25.5. The quantitative estimate of drug-likeness (QED) is 0.150. The highest BCUT2D eigenvalue weighted by atomic mass is 32.2. The number of benzene rings is 3. The molecule has 0 saturated heterocycles. The molecule has 0 aliphatic rings. The normalized spacial score (nSPS) is 10.6. The molecule has 14 heteroatoms. The van der Waals surface area contributed by atoms with Crippen LogP contribution in [0.4, 0.5) is 15.8 Å². The summed E-state index contributed by atoms with van der Waals surface area (Å²) in [6.45, 7) is 1.49. The Morgan fingerprint density at radius 2 is 1.80 bits per heavy atom. The Bertz CT molecular complexity index is 1590. The lowest BCUT2D eigenvalue weighted by molar-refractivity contribution is -0.385. The van der Waals surface area contributed by atoms with Crippen LogP contribution in [-0.2, 0) is 11.3 Å². The number of carbonyl (C=O) groups is 2. The average Bonchev–Trinajstić information content (AvgIpc) is 3.38. The second kappa shape index (κ2) is 12.9. The number of hydrogen-bond donors (Lipinski definition) is 2. The van der Waals surface area contributed by atoms with E-state index in [1.807, 2.05) is 0 Å². The van der Waals surface area contributed by atoms with Crippen molar-refractivity contribution in [3.8, 4) is 17.2 Å². The van der Waals surface area contributed by atoms with E-state index in [1.54, 1.807) is 29.7 Å². The van der Waals surface area contributed by atoms with E-state index in [4.69, 9.17) is 9.47 Å². The number of nitro benzene ring substituents is 1. The number of nitro groups is 1. The third kappa shape index (κ3) is 6.97. The number of thioether (sulfide) groups is 1. The second-order valence-electron chi connectivity index (χ2n) is 8.56. The molecule has 1 aromatic heterocycles. The van der Waals surface area contributed by atoms with Crippen LogP contribution in [0.2, 0.25) is 0 Å². The van der Waals surface area contributed by atoms with Crippen molar-refractivity contribution in [3.05, 3.63) is 93.5 Å². The van der Waals surface area contributed by atoms with Gasteiger partial charge in [0, 0.05) is 28.9 Å². The summed E-state index contributed by atoms with van der Waals surface area (Å²) in [5.41, 5.74) is 1.31. The Morgan fingerprint density at radius 3 is 2.49 bits per heavy atom. The van der Waals surface area contributed by atoms with E-state index in [9.17, 15) is 24.1 Å². The number of rotatable bonds is 11. The molecule has 1 heterocycles. The van der Waals surface area contributed by atoms with E-state index >= 15 is 0 Å². The molecule has 212 valence electrons. The summed E-state index contributed by atoms with van der Waals surface area (Å²) < 4.78 is 25.7. The van der Waals surface area contributed by atoms with Gasteiger partial charge in [-0.2, -0.15) is 0 Å². The van der Waals surface area contributed by atoms with Crippen molar-refractivity contribution in [2.24, 2.45) is 0 Å². The van der Waals surface area contributed by atoms with Gasteiger partial charge in [0.15, 0.2) is 11.0 Å². The Hall–Kier alpha value is -4.98. The molecule has 0 aliphatic heterocycles. The number of halogens is 1. The Kier molecular flexibility index (Phi) is 9.14. The largest absolute Gasteiger partial charge is 0.497 e. The molecule has 0 bridgehead atoms. The summed E-state index contributed by atoms with van der Waals surface area (Å²) in [5.74, 6) is -0.115. The fourth-order valence-corrected chi connectivity index (χ4v) is 4.55. The highest BCUT2D eigenvalue weighted by molar-refractivity contribution is 7.99. The topological polar surface area (TPSA) is 151 Å². The van der Waals surface area contributed by atoms with Crippen LogP contribution in [0.1, 0.15) is 21.7 Å². The van der Waals surface area contributed by atoms with Gasteiger partial charge in [0.25, 0.3) is 11.6 Å². The van der Waals surface area contributed by atoms with Crippen LogP contribution in [-0.4, -0.2) is 51.5 Å². The molecule has 0 saturated carbocycles. The van der Waals surface area contributed by atoms with Crippen LogP contribution in [0, 0.1) is 22.9 Å². The molecule has 4 rings (SSSR count). The van der Waals surface area contributed by atoms with Gasteiger partial charge in [0.05, 0.1) is 37.1 Å². The average molecular weight is 581 g/mol. The van der Waals surface area contributed by atoms with Gasteiger partial charge in [-0.25, -0.2) is 4.39 Å². The SMILES string of the molecule is COc1ccc(OC)c(-n2c(CNC(=O)c3ccc(C)c([N+](=O)[O-])c3)nnc2SCC(=O)Nc2ccc(F)cc2)c1. The number of hydrogen-bond acceptors (Lipinski definition) is 9. The van der Waals surface area contributed by atoms with E-state index in [0.29, 0.717) is 39.4 Å². The first-order valence-corrected chi connectivity index (χ1v) is 13.1. The fourth-order valence-electron chi connectivity index (χ4n) is 3.79. The zero-order valence-corrected chi connectivity index (χ0v) is 23.0. The molecule has 0 fully saturated rings. The minimum absolute atomic E-state index is 0.0544. The molecule has 2 N–H and O–H groups in total. The molecule has 0 radical (unpaired) electrons. The minimum atomic E-state index is -0.548. The smallest absolute Gasteiger partial charge is 0.273 e. The maximum Gasteiger partial charge on any atom is 0.273 e. The second-order valence-corrected chi connectivity index (χ2v) is 9.50. The maximum absolute atomic E-state index is 13.2.